The molecule has 0 radical (unpaired) electrons. The average Bonchev–Trinajstić information content (AvgIpc) is 2.39. The van der Waals surface area contributed by atoms with Crippen molar-refractivity contribution in [3.8, 4) is 0 Å². The molecule has 7 nitrogen and oxygen atoms in total. The Morgan fingerprint density at radius 1 is 1.12 bits per heavy atom. The Hall–Kier alpha value is -1.18. The highest BCUT2D eigenvalue weighted by Crippen LogP contribution is 2.12. The summed E-state index contributed by atoms with van der Waals surface area (Å²) in [4.78, 5) is 24.4. The lowest BCUT2D eigenvalue weighted by molar-refractivity contribution is -0.172. The molecule has 0 saturated carbocycles. The molecule has 2 aliphatic heterocycles. The number of hydrogen-bond acceptors (Lipinski definition) is 5. The molecule has 0 spiro atoms. The van der Waals surface area contributed by atoms with Gasteiger partial charge < -0.3 is 24.2 Å². The molecule has 0 aromatic rings. The molecule has 0 aromatic heterocycles. The second-order valence-electron chi connectivity index (χ2n) is 3.89. The predicted molar refractivity (Wildman–Crippen MR) is 54.5 cm³/mol. The molecule has 96 valence electrons. The SMILES string of the molecule is O=C(O)[C@@H]1COCCN1C(=O)[C@@H]1COCCO1. The summed E-state index contributed by atoms with van der Waals surface area (Å²) < 4.78 is 15.5. The van der Waals surface area contributed by atoms with Crippen LogP contribution in [-0.2, 0) is 23.8 Å². The van der Waals surface area contributed by atoms with Gasteiger partial charge in [0, 0.05) is 6.54 Å². The summed E-state index contributed by atoms with van der Waals surface area (Å²) >= 11 is 0. The molecule has 2 fully saturated rings. The number of amides is 1. The highest BCUT2D eigenvalue weighted by atomic mass is 16.6. The fourth-order valence-corrected chi connectivity index (χ4v) is 1.89. The van der Waals surface area contributed by atoms with Gasteiger partial charge in [-0.1, -0.05) is 0 Å². The van der Waals surface area contributed by atoms with Crippen LogP contribution in [0.3, 0.4) is 0 Å². The summed E-state index contributed by atoms with van der Waals surface area (Å²) in [5, 5.41) is 9.01. The molecule has 17 heavy (non-hydrogen) atoms. The maximum absolute atomic E-state index is 12.1. The van der Waals surface area contributed by atoms with Crippen molar-refractivity contribution in [2.45, 2.75) is 12.1 Å². The van der Waals surface area contributed by atoms with Crippen LogP contribution in [0, 0.1) is 0 Å². The second-order valence-corrected chi connectivity index (χ2v) is 3.89. The van der Waals surface area contributed by atoms with Crippen LogP contribution >= 0.6 is 0 Å². The molecule has 7 heteroatoms. The van der Waals surface area contributed by atoms with Gasteiger partial charge in [-0.2, -0.15) is 0 Å². The first kappa shape index (κ1) is 12.3. The minimum absolute atomic E-state index is 0.0225. The van der Waals surface area contributed by atoms with Crippen molar-refractivity contribution in [3.05, 3.63) is 0 Å². The number of rotatable bonds is 2. The zero-order valence-electron chi connectivity index (χ0n) is 9.33. The van der Waals surface area contributed by atoms with Gasteiger partial charge in [0.15, 0.2) is 12.1 Å². The third kappa shape index (κ3) is 2.74. The number of aliphatic carboxylic acids is 1. The maximum atomic E-state index is 12.1. The molecule has 2 atom stereocenters. The molecule has 1 amide bonds. The van der Waals surface area contributed by atoms with E-state index < -0.39 is 18.1 Å². The van der Waals surface area contributed by atoms with Crippen LogP contribution in [0.25, 0.3) is 0 Å². The van der Waals surface area contributed by atoms with E-state index in [1.807, 2.05) is 0 Å². The van der Waals surface area contributed by atoms with Crippen LogP contribution in [0.1, 0.15) is 0 Å². The Bertz CT molecular complexity index is 301. The number of hydrogen-bond donors (Lipinski definition) is 1. The van der Waals surface area contributed by atoms with Gasteiger partial charge in [0.05, 0.1) is 33.0 Å². The summed E-state index contributed by atoms with van der Waals surface area (Å²) in [6.07, 6.45) is -0.691. The van der Waals surface area contributed by atoms with Gasteiger partial charge >= 0.3 is 5.97 Å². The molecule has 1 N–H and O–H groups in total. The van der Waals surface area contributed by atoms with E-state index in [-0.39, 0.29) is 25.7 Å². The van der Waals surface area contributed by atoms with Crippen LogP contribution in [0.2, 0.25) is 0 Å². The highest BCUT2D eigenvalue weighted by molar-refractivity contribution is 5.86. The molecule has 2 saturated heterocycles. The van der Waals surface area contributed by atoms with Crippen molar-refractivity contribution in [1.29, 1.82) is 0 Å². The fraction of sp³-hybridized carbons (Fsp3) is 0.800. The standard InChI is InChI=1S/C10H15NO6/c12-9(8-6-16-3-4-17-8)11-1-2-15-5-7(11)10(13)14/h7-8H,1-6H2,(H,13,14)/t7-,8-/m0/s1. The lowest BCUT2D eigenvalue weighted by atomic mass is 10.2. The van der Waals surface area contributed by atoms with E-state index >= 15 is 0 Å². The third-order valence-electron chi connectivity index (χ3n) is 2.79. The normalized spacial score (nSPS) is 30.0. The van der Waals surface area contributed by atoms with E-state index in [1.54, 1.807) is 0 Å². The molecule has 0 aliphatic carbocycles. The summed E-state index contributed by atoms with van der Waals surface area (Å²) in [6.45, 7) is 1.66. The monoisotopic (exact) mass is 245 g/mol. The first-order valence-electron chi connectivity index (χ1n) is 5.50. The van der Waals surface area contributed by atoms with Crippen molar-refractivity contribution in [2.24, 2.45) is 0 Å². The summed E-state index contributed by atoms with van der Waals surface area (Å²) in [5.41, 5.74) is 0. The Morgan fingerprint density at radius 3 is 2.53 bits per heavy atom. The Balaban J connectivity index is 2.02. The van der Waals surface area contributed by atoms with Gasteiger partial charge in [-0.05, 0) is 0 Å². The van der Waals surface area contributed by atoms with Crippen molar-refractivity contribution in [2.75, 3.05) is 39.6 Å². The Morgan fingerprint density at radius 2 is 1.88 bits per heavy atom. The maximum Gasteiger partial charge on any atom is 0.328 e. The number of ether oxygens (including phenoxy) is 3. The van der Waals surface area contributed by atoms with Crippen LogP contribution in [0.15, 0.2) is 0 Å². The molecular formula is C10H15NO6. The Labute approximate surface area is 98.2 Å². The van der Waals surface area contributed by atoms with Gasteiger partial charge in [-0.15, -0.1) is 0 Å². The first-order chi connectivity index (χ1) is 8.20. The predicted octanol–water partition coefficient (Wildman–Crippen LogP) is -1.29. The van der Waals surface area contributed by atoms with E-state index in [0.29, 0.717) is 19.8 Å². The van der Waals surface area contributed by atoms with Crippen LogP contribution in [0.4, 0.5) is 0 Å². The highest BCUT2D eigenvalue weighted by Gasteiger charge is 2.37. The molecule has 2 rings (SSSR count). The first-order valence-corrected chi connectivity index (χ1v) is 5.50. The van der Waals surface area contributed by atoms with E-state index in [1.165, 1.54) is 4.90 Å². The van der Waals surface area contributed by atoms with Crippen LogP contribution < -0.4 is 0 Å². The summed E-state index contributed by atoms with van der Waals surface area (Å²) in [5.74, 6) is -1.39. The average molecular weight is 245 g/mol. The molecule has 0 bridgehead atoms. The third-order valence-corrected chi connectivity index (χ3v) is 2.79. The molecule has 0 aromatic carbocycles. The van der Waals surface area contributed by atoms with Crippen LogP contribution in [-0.4, -0.2) is 73.6 Å². The van der Waals surface area contributed by atoms with E-state index in [9.17, 15) is 9.59 Å². The number of carbonyl (C=O) groups is 2. The second kappa shape index (κ2) is 5.44. The van der Waals surface area contributed by atoms with Gasteiger partial charge in [0.1, 0.15) is 0 Å². The molecule has 2 aliphatic rings. The number of nitrogens with zero attached hydrogens (tertiary/aromatic N) is 1. The number of morpholine rings is 1. The minimum atomic E-state index is -1.06. The van der Waals surface area contributed by atoms with Gasteiger partial charge in [-0.25, -0.2) is 4.79 Å². The van der Waals surface area contributed by atoms with Crippen molar-refractivity contribution in [1.82, 2.24) is 4.90 Å². The number of carbonyl (C=O) groups excluding carboxylic acids is 1. The zero-order chi connectivity index (χ0) is 12.3. The lowest BCUT2D eigenvalue weighted by Gasteiger charge is -2.35. The van der Waals surface area contributed by atoms with Crippen molar-refractivity contribution in [3.63, 3.8) is 0 Å². The molecule has 0 unspecified atom stereocenters. The fourth-order valence-electron chi connectivity index (χ4n) is 1.89. The van der Waals surface area contributed by atoms with E-state index in [0.717, 1.165) is 0 Å². The zero-order valence-corrected chi connectivity index (χ0v) is 9.33. The topological polar surface area (TPSA) is 85.3 Å². The molecule has 2 heterocycles. The minimum Gasteiger partial charge on any atom is -0.480 e. The summed E-state index contributed by atoms with van der Waals surface area (Å²) in [7, 11) is 0. The number of carboxylic acid groups (broad SMARTS) is 1. The smallest absolute Gasteiger partial charge is 0.328 e. The van der Waals surface area contributed by atoms with Crippen molar-refractivity contribution >= 4 is 11.9 Å². The largest absolute Gasteiger partial charge is 0.480 e. The Kier molecular flexibility index (Phi) is 3.93. The van der Waals surface area contributed by atoms with Gasteiger partial charge in [0.25, 0.3) is 5.91 Å². The number of carboxylic acids is 1. The van der Waals surface area contributed by atoms with Gasteiger partial charge in [-0.3, -0.25) is 4.79 Å². The van der Waals surface area contributed by atoms with Crippen molar-refractivity contribution < 1.29 is 28.9 Å². The van der Waals surface area contributed by atoms with Crippen LogP contribution in [0.5, 0.6) is 0 Å². The summed E-state index contributed by atoms with van der Waals surface area (Å²) in [6, 6.07) is -0.929. The van der Waals surface area contributed by atoms with Gasteiger partial charge in [0.2, 0.25) is 0 Å². The van der Waals surface area contributed by atoms with E-state index in [4.69, 9.17) is 19.3 Å². The lowest BCUT2D eigenvalue weighted by Crippen LogP contribution is -2.57. The quantitative estimate of drug-likeness (QED) is 0.652. The molecular weight excluding hydrogens is 230 g/mol. The van der Waals surface area contributed by atoms with E-state index in [2.05, 4.69) is 0 Å².